The van der Waals surface area contributed by atoms with Crippen molar-refractivity contribution in [2.75, 3.05) is 13.7 Å². The molecule has 1 aliphatic rings. The first-order chi connectivity index (χ1) is 13.9. The summed E-state index contributed by atoms with van der Waals surface area (Å²) in [5.74, 6) is -1.16. The molecule has 2 heterocycles. The van der Waals surface area contributed by atoms with Crippen molar-refractivity contribution in [2.45, 2.75) is 38.8 Å². The molecule has 7 nitrogen and oxygen atoms in total. The maximum absolute atomic E-state index is 14.7. The van der Waals surface area contributed by atoms with Gasteiger partial charge in [-0.1, -0.05) is 37.9 Å². The number of ether oxygens (including phenoxy) is 1. The third kappa shape index (κ3) is 4.22. The van der Waals surface area contributed by atoms with Gasteiger partial charge in [0.1, 0.15) is 17.9 Å². The number of carbonyl (C=O) groups excluding carboxylic acids is 2. The molecule has 0 fully saturated rings. The highest BCUT2D eigenvalue weighted by Crippen LogP contribution is 2.35. The second-order valence-corrected chi connectivity index (χ2v) is 7.55. The van der Waals surface area contributed by atoms with E-state index in [1.807, 2.05) is 13.8 Å². The fraction of sp³-hybridized carbons (Fsp3) is 0.450. The molecular weight excluding hydrogens is 399 g/mol. The van der Waals surface area contributed by atoms with Crippen LogP contribution in [0.1, 0.15) is 43.3 Å². The number of benzene rings is 1. The van der Waals surface area contributed by atoms with E-state index in [1.165, 1.54) is 24.4 Å². The second kappa shape index (κ2) is 8.82. The van der Waals surface area contributed by atoms with Crippen molar-refractivity contribution in [3.63, 3.8) is 0 Å². The number of fused-ring (bicyclic) bond motifs is 1. The minimum absolute atomic E-state index is 0.122. The van der Waals surface area contributed by atoms with Crippen LogP contribution in [0.25, 0.3) is 0 Å². The monoisotopic (exact) mass is 422 g/mol. The highest BCUT2D eigenvalue weighted by atomic mass is 35.5. The average Bonchev–Trinajstić information content (AvgIpc) is 3.19. The smallest absolute Gasteiger partial charge is 0.328 e. The van der Waals surface area contributed by atoms with Crippen molar-refractivity contribution in [3.05, 3.63) is 52.3 Å². The van der Waals surface area contributed by atoms with Gasteiger partial charge in [0, 0.05) is 29.2 Å². The Balaban J connectivity index is 1.96. The lowest BCUT2D eigenvalue weighted by atomic mass is 9.95. The topological polar surface area (TPSA) is 87.3 Å². The Hall–Kier alpha value is -2.61. The van der Waals surface area contributed by atoms with Gasteiger partial charge in [0.2, 0.25) is 0 Å². The molecule has 3 atom stereocenters. The van der Waals surface area contributed by atoms with Crippen LogP contribution in [0.2, 0.25) is 5.02 Å². The molecule has 2 amide bonds. The molecule has 0 spiro atoms. The van der Waals surface area contributed by atoms with Crippen molar-refractivity contribution in [2.24, 2.45) is 5.92 Å². The third-order valence-corrected chi connectivity index (χ3v) is 5.63. The van der Waals surface area contributed by atoms with Crippen LogP contribution in [0.4, 0.5) is 9.18 Å². The van der Waals surface area contributed by atoms with Gasteiger partial charge in [0.05, 0.1) is 19.1 Å². The number of hydrogen-bond donors (Lipinski definition) is 2. The minimum Gasteiger partial charge on any atom is -0.467 e. The summed E-state index contributed by atoms with van der Waals surface area (Å²) >= 11 is 5.90. The lowest BCUT2D eigenvalue weighted by Crippen LogP contribution is -2.53. The number of carbonyl (C=O) groups is 2. The first-order valence-corrected chi connectivity index (χ1v) is 9.87. The van der Waals surface area contributed by atoms with E-state index in [0.717, 1.165) is 5.69 Å². The number of hydrogen-bond acceptors (Lipinski definition) is 4. The fourth-order valence-corrected chi connectivity index (χ4v) is 3.70. The van der Waals surface area contributed by atoms with Crippen molar-refractivity contribution >= 4 is 23.6 Å². The van der Waals surface area contributed by atoms with E-state index in [9.17, 15) is 14.0 Å². The van der Waals surface area contributed by atoms with Crippen LogP contribution >= 0.6 is 11.6 Å². The number of nitrogens with one attached hydrogen (secondary N) is 2. The van der Waals surface area contributed by atoms with E-state index in [2.05, 4.69) is 15.3 Å². The molecule has 1 aromatic heterocycles. The molecule has 1 aromatic carbocycles. The molecule has 0 radical (unpaired) electrons. The van der Waals surface area contributed by atoms with Gasteiger partial charge in [-0.3, -0.25) is 0 Å². The Morgan fingerprint density at radius 1 is 1.48 bits per heavy atom. The number of imidazole rings is 1. The molecule has 0 saturated heterocycles. The van der Waals surface area contributed by atoms with Crippen molar-refractivity contribution in [1.29, 1.82) is 0 Å². The number of urea groups is 1. The molecule has 2 N–H and O–H groups in total. The number of halogens is 2. The van der Waals surface area contributed by atoms with Crippen LogP contribution in [0, 0.1) is 11.7 Å². The Bertz CT molecular complexity index is 904. The zero-order valence-electron chi connectivity index (χ0n) is 16.5. The quantitative estimate of drug-likeness (QED) is 0.722. The molecule has 0 aliphatic carbocycles. The van der Waals surface area contributed by atoms with E-state index in [-0.39, 0.29) is 16.5 Å². The highest BCUT2D eigenvalue weighted by Gasteiger charge is 2.37. The molecular formula is C20H24ClFN4O3. The summed E-state index contributed by atoms with van der Waals surface area (Å²) < 4.78 is 19.6. The van der Waals surface area contributed by atoms with Gasteiger partial charge in [-0.05, 0) is 18.1 Å². The Kier molecular flexibility index (Phi) is 6.42. The molecule has 0 unspecified atom stereocenters. The van der Waals surface area contributed by atoms with E-state index in [0.29, 0.717) is 25.1 Å². The molecule has 9 heteroatoms. The first kappa shape index (κ1) is 21.1. The number of rotatable bonds is 5. The molecule has 0 bridgehead atoms. The highest BCUT2D eigenvalue weighted by molar-refractivity contribution is 6.30. The molecule has 0 saturated carbocycles. The summed E-state index contributed by atoms with van der Waals surface area (Å²) in [7, 11) is 1.28. The Morgan fingerprint density at radius 3 is 2.90 bits per heavy atom. The number of aromatic amines is 1. The number of nitrogens with zero attached hydrogens (tertiary/aromatic N) is 2. The summed E-state index contributed by atoms with van der Waals surface area (Å²) in [6.45, 7) is 4.12. The molecule has 3 rings (SSSR count). The van der Waals surface area contributed by atoms with Crippen molar-refractivity contribution in [3.8, 4) is 0 Å². The van der Waals surface area contributed by atoms with Gasteiger partial charge >= 0.3 is 12.0 Å². The van der Waals surface area contributed by atoms with E-state index >= 15 is 0 Å². The standard InChI is InChI=1S/C20H24ClFN4O3/c1-4-11(2)16(19(27)29-3)25-20(28)26-8-7-15-17(24-10-23-15)18(26)13-6-5-12(21)9-14(13)22/h5-6,9-11,16,18H,4,7-8H2,1-3H3,(H,23,24)(H,25,28)/t11-,16+,18+/m0/s1. The van der Waals surface area contributed by atoms with Crippen LogP contribution in [0.3, 0.4) is 0 Å². The average molecular weight is 423 g/mol. The van der Waals surface area contributed by atoms with Gasteiger partial charge in [0.15, 0.2) is 0 Å². The van der Waals surface area contributed by atoms with E-state index < -0.39 is 29.9 Å². The lowest BCUT2D eigenvalue weighted by Gasteiger charge is -2.36. The predicted molar refractivity (Wildman–Crippen MR) is 106 cm³/mol. The predicted octanol–water partition coefficient (Wildman–Crippen LogP) is 3.45. The number of aromatic nitrogens is 2. The fourth-order valence-electron chi connectivity index (χ4n) is 3.55. The zero-order chi connectivity index (χ0) is 21.1. The maximum atomic E-state index is 14.7. The zero-order valence-corrected chi connectivity index (χ0v) is 17.3. The number of methoxy groups -OCH3 is 1. The number of amides is 2. The van der Waals surface area contributed by atoms with Crippen LogP contribution in [-0.4, -0.2) is 46.6 Å². The molecule has 156 valence electrons. The molecule has 1 aliphatic heterocycles. The summed E-state index contributed by atoms with van der Waals surface area (Å²) in [6.07, 6.45) is 2.75. The van der Waals surface area contributed by atoms with Crippen LogP contribution < -0.4 is 5.32 Å². The van der Waals surface area contributed by atoms with Crippen LogP contribution in [-0.2, 0) is 16.0 Å². The summed E-state index contributed by atoms with van der Waals surface area (Å²) in [4.78, 5) is 34.2. The Morgan fingerprint density at radius 2 is 2.24 bits per heavy atom. The summed E-state index contributed by atoms with van der Waals surface area (Å²) in [5, 5.41) is 3.03. The SMILES string of the molecule is CC[C@H](C)[C@@H](NC(=O)N1CCc2[nH]cnc2[C@H]1c1ccc(Cl)cc1F)C(=O)OC. The third-order valence-electron chi connectivity index (χ3n) is 5.39. The molecule has 2 aromatic rings. The number of esters is 1. The normalized spacial score (nSPS) is 18.0. The largest absolute Gasteiger partial charge is 0.467 e. The van der Waals surface area contributed by atoms with Crippen LogP contribution in [0.5, 0.6) is 0 Å². The summed E-state index contributed by atoms with van der Waals surface area (Å²) in [6, 6.07) is 2.33. The van der Waals surface area contributed by atoms with Crippen LogP contribution in [0.15, 0.2) is 24.5 Å². The second-order valence-electron chi connectivity index (χ2n) is 7.11. The number of H-pyrrole nitrogens is 1. The van der Waals surface area contributed by atoms with Crippen molar-refractivity contribution in [1.82, 2.24) is 20.2 Å². The van der Waals surface area contributed by atoms with Gasteiger partial charge in [0.25, 0.3) is 0 Å². The minimum atomic E-state index is -0.797. The van der Waals surface area contributed by atoms with Gasteiger partial charge in [-0.25, -0.2) is 19.0 Å². The maximum Gasteiger partial charge on any atom is 0.328 e. The molecule has 29 heavy (non-hydrogen) atoms. The van der Waals surface area contributed by atoms with E-state index in [1.54, 1.807) is 12.1 Å². The van der Waals surface area contributed by atoms with E-state index in [4.69, 9.17) is 16.3 Å². The van der Waals surface area contributed by atoms with Gasteiger partial charge < -0.3 is 19.9 Å². The lowest BCUT2D eigenvalue weighted by molar-refractivity contribution is -0.144. The van der Waals surface area contributed by atoms with Gasteiger partial charge in [-0.2, -0.15) is 0 Å². The Labute approximate surface area is 173 Å². The first-order valence-electron chi connectivity index (χ1n) is 9.49. The summed E-state index contributed by atoms with van der Waals surface area (Å²) in [5.41, 5.74) is 1.71. The van der Waals surface area contributed by atoms with Gasteiger partial charge in [-0.15, -0.1) is 0 Å². The van der Waals surface area contributed by atoms with Crippen molar-refractivity contribution < 1.29 is 18.7 Å².